The second-order valence-electron chi connectivity index (χ2n) is 7.19. The van der Waals surface area contributed by atoms with Gasteiger partial charge in [0.15, 0.2) is 0 Å². The summed E-state index contributed by atoms with van der Waals surface area (Å²) in [4.78, 5) is 0. The molecule has 3 heteroatoms. The van der Waals surface area contributed by atoms with Crippen molar-refractivity contribution in [3.8, 4) is 0 Å². The van der Waals surface area contributed by atoms with Crippen molar-refractivity contribution < 1.29 is 9.84 Å². The highest BCUT2D eigenvalue weighted by Gasteiger charge is 2.41. The van der Waals surface area contributed by atoms with E-state index in [0.29, 0.717) is 25.8 Å². The molecule has 2 saturated carbocycles. The van der Waals surface area contributed by atoms with Crippen LogP contribution in [0.4, 0.5) is 0 Å². The fourth-order valence-electron chi connectivity index (χ4n) is 4.33. The first kappa shape index (κ1) is 16.0. The smallest absolute Gasteiger partial charge is 0.0897 e. The summed E-state index contributed by atoms with van der Waals surface area (Å²) in [6.45, 7) is 3.87. The molecule has 0 unspecified atom stereocenters. The Morgan fingerprint density at radius 2 is 2.05 bits per heavy atom. The lowest BCUT2D eigenvalue weighted by Crippen LogP contribution is -2.41. The number of fused-ring (bicyclic) bond motifs is 2. The van der Waals surface area contributed by atoms with Gasteiger partial charge < -0.3 is 15.2 Å². The topological polar surface area (TPSA) is 41.5 Å². The second kappa shape index (κ2) is 7.58. The van der Waals surface area contributed by atoms with Crippen molar-refractivity contribution in [3.63, 3.8) is 0 Å². The summed E-state index contributed by atoms with van der Waals surface area (Å²) < 4.78 is 5.60. The Labute approximate surface area is 134 Å². The zero-order valence-corrected chi connectivity index (χ0v) is 13.6. The van der Waals surface area contributed by atoms with Crippen LogP contribution in [0.1, 0.15) is 38.2 Å². The molecule has 0 aromatic heterocycles. The van der Waals surface area contributed by atoms with Crippen LogP contribution in [0.25, 0.3) is 0 Å². The van der Waals surface area contributed by atoms with E-state index in [2.05, 4.69) is 12.2 Å². The van der Waals surface area contributed by atoms with E-state index in [4.69, 9.17) is 4.74 Å². The van der Waals surface area contributed by atoms with Crippen molar-refractivity contribution in [2.45, 2.75) is 51.4 Å². The van der Waals surface area contributed by atoms with Crippen molar-refractivity contribution in [2.75, 3.05) is 13.2 Å². The number of ether oxygens (including phenoxy) is 1. The molecule has 3 nitrogen and oxygen atoms in total. The summed E-state index contributed by atoms with van der Waals surface area (Å²) >= 11 is 0. The van der Waals surface area contributed by atoms with Crippen LogP contribution >= 0.6 is 0 Å². The highest BCUT2D eigenvalue weighted by Crippen LogP contribution is 2.49. The highest BCUT2D eigenvalue weighted by molar-refractivity contribution is 5.13. The predicted molar refractivity (Wildman–Crippen MR) is 88.5 cm³/mol. The molecule has 3 rings (SSSR count). The van der Waals surface area contributed by atoms with Crippen LogP contribution in [0, 0.1) is 17.8 Å². The molecule has 0 radical (unpaired) electrons. The van der Waals surface area contributed by atoms with Crippen molar-refractivity contribution in [1.29, 1.82) is 0 Å². The van der Waals surface area contributed by atoms with Crippen LogP contribution in [0.15, 0.2) is 30.3 Å². The Morgan fingerprint density at radius 3 is 2.73 bits per heavy atom. The SMILES string of the molecule is C[C@H](NC[C@H](O)COCc1ccccc1)[C@H]1C[C@H]2CC[C@H]1C2. The molecule has 122 valence electrons. The maximum Gasteiger partial charge on any atom is 0.0897 e. The summed E-state index contributed by atoms with van der Waals surface area (Å²) in [5, 5.41) is 13.6. The summed E-state index contributed by atoms with van der Waals surface area (Å²) in [5.41, 5.74) is 1.15. The molecule has 0 aliphatic heterocycles. The van der Waals surface area contributed by atoms with Gasteiger partial charge in [0, 0.05) is 12.6 Å². The van der Waals surface area contributed by atoms with Gasteiger partial charge in [-0.25, -0.2) is 0 Å². The van der Waals surface area contributed by atoms with Crippen LogP contribution in [0.2, 0.25) is 0 Å². The van der Waals surface area contributed by atoms with E-state index in [-0.39, 0.29) is 0 Å². The molecule has 22 heavy (non-hydrogen) atoms. The Bertz CT molecular complexity index is 450. The maximum absolute atomic E-state index is 10.1. The Balaban J connectivity index is 1.31. The van der Waals surface area contributed by atoms with Crippen LogP contribution < -0.4 is 5.32 Å². The first-order valence-electron chi connectivity index (χ1n) is 8.75. The third kappa shape index (κ3) is 4.09. The van der Waals surface area contributed by atoms with E-state index in [1.54, 1.807) is 0 Å². The first-order chi connectivity index (χ1) is 10.7. The van der Waals surface area contributed by atoms with E-state index in [0.717, 1.165) is 23.3 Å². The molecule has 0 spiro atoms. The monoisotopic (exact) mass is 303 g/mol. The Morgan fingerprint density at radius 1 is 1.23 bits per heavy atom. The van der Waals surface area contributed by atoms with Crippen molar-refractivity contribution in [3.05, 3.63) is 35.9 Å². The van der Waals surface area contributed by atoms with Crippen molar-refractivity contribution in [2.24, 2.45) is 17.8 Å². The molecule has 5 atom stereocenters. The zero-order valence-electron chi connectivity index (χ0n) is 13.6. The van der Waals surface area contributed by atoms with Crippen LogP contribution in [0.5, 0.6) is 0 Å². The van der Waals surface area contributed by atoms with E-state index in [1.165, 1.54) is 25.7 Å². The lowest BCUT2D eigenvalue weighted by atomic mass is 9.84. The first-order valence-corrected chi connectivity index (χ1v) is 8.75. The maximum atomic E-state index is 10.1. The molecule has 2 aliphatic carbocycles. The third-order valence-electron chi connectivity index (χ3n) is 5.53. The van der Waals surface area contributed by atoms with Gasteiger partial charge in [-0.3, -0.25) is 0 Å². The number of rotatable bonds is 8. The van der Waals surface area contributed by atoms with Crippen LogP contribution in [0.3, 0.4) is 0 Å². The fourth-order valence-corrected chi connectivity index (χ4v) is 4.33. The summed E-state index contributed by atoms with van der Waals surface area (Å²) in [6.07, 6.45) is 5.28. The van der Waals surface area contributed by atoms with Gasteiger partial charge in [0.25, 0.3) is 0 Å². The standard InChI is InChI=1S/C19H29NO2/c1-14(19-10-16-7-8-17(19)9-16)20-11-18(21)13-22-12-15-5-3-2-4-6-15/h2-6,14,16-21H,7-13H2,1H3/t14-,16-,17-,18-,19+/m0/s1. The second-order valence-corrected chi connectivity index (χ2v) is 7.19. The van der Waals surface area contributed by atoms with Gasteiger partial charge in [0.2, 0.25) is 0 Å². The van der Waals surface area contributed by atoms with Gasteiger partial charge in [-0.1, -0.05) is 36.8 Å². The molecule has 2 aliphatic rings. The van der Waals surface area contributed by atoms with Crippen molar-refractivity contribution in [1.82, 2.24) is 5.32 Å². The Hall–Kier alpha value is -0.900. The largest absolute Gasteiger partial charge is 0.389 e. The molecule has 2 bridgehead atoms. The number of hydrogen-bond acceptors (Lipinski definition) is 3. The normalized spacial score (nSPS) is 29.6. The van der Waals surface area contributed by atoms with Gasteiger partial charge in [0.05, 0.1) is 19.3 Å². The van der Waals surface area contributed by atoms with Crippen molar-refractivity contribution >= 4 is 0 Å². The predicted octanol–water partition coefficient (Wildman–Crippen LogP) is 2.98. The molecular weight excluding hydrogens is 274 g/mol. The molecule has 0 heterocycles. The minimum absolute atomic E-state index is 0.394. The van der Waals surface area contributed by atoms with E-state index in [9.17, 15) is 5.11 Å². The van der Waals surface area contributed by atoms with E-state index < -0.39 is 6.10 Å². The average Bonchev–Trinajstić information content (AvgIpc) is 3.17. The summed E-state index contributed by atoms with van der Waals surface area (Å²) in [6, 6.07) is 10.6. The highest BCUT2D eigenvalue weighted by atomic mass is 16.5. The lowest BCUT2D eigenvalue weighted by molar-refractivity contribution is 0.0263. The van der Waals surface area contributed by atoms with Gasteiger partial charge in [-0.2, -0.15) is 0 Å². The number of aliphatic hydroxyl groups is 1. The number of benzene rings is 1. The summed E-state index contributed by atoms with van der Waals surface area (Å²) in [7, 11) is 0. The lowest BCUT2D eigenvalue weighted by Gasteiger charge is -2.29. The molecule has 0 amide bonds. The minimum Gasteiger partial charge on any atom is -0.389 e. The molecule has 2 fully saturated rings. The molecular formula is C19H29NO2. The van der Waals surface area contributed by atoms with E-state index in [1.807, 2.05) is 30.3 Å². The molecule has 2 N–H and O–H groups in total. The minimum atomic E-state index is -0.426. The van der Waals surface area contributed by atoms with Crippen LogP contribution in [-0.4, -0.2) is 30.4 Å². The third-order valence-corrected chi connectivity index (χ3v) is 5.53. The number of nitrogens with one attached hydrogen (secondary N) is 1. The molecule has 0 saturated heterocycles. The van der Waals surface area contributed by atoms with Gasteiger partial charge in [0.1, 0.15) is 0 Å². The molecule has 1 aromatic carbocycles. The van der Waals surface area contributed by atoms with Gasteiger partial charge in [-0.15, -0.1) is 0 Å². The molecule has 1 aromatic rings. The summed E-state index contributed by atoms with van der Waals surface area (Å²) in [5.74, 6) is 2.73. The average molecular weight is 303 g/mol. The fraction of sp³-hybridized carbons (Fsp3) is 0.684. The number of aliphatic hydroxyl groups excluding tert-OH is 1. The van der Waals surface area contributed by atoms with Crippen LogP contribution in [-0.2, 0) is 11.3 Å². The zero-order chi connectivity index (χ0) is 15.4. The quantitative estimate of drug-likeness (QED) is 0.776. The van der Waals surface area contributed by atoms with Gasteiger partial charge in [-0.05, 0) is 49.5 Å². The van der Waals surface area contributed by atoms with Gasteiger partial charge >= 0.3 is 0 Å². The Kier molecular flexibility index (Phi) is 5.51. The number of hydrogen-bond donors (Lipinski definition) is 2. The van der Waals surface area contributed by atoms with E-state index >= 15 is 0 Å².